The van der Waals surface area contributed by atoms with Crippen molar-refractivity contribution < 1.29 is 19.1 Å². The molecule has 0 fully saturated rings. The Balaban J connectivity index is 1.61. The van der Waals surface area contributed by atoms with E-state index >= 15 is 0 Å². The van der Waals surface area contributed by atoms with Gasteiger partial charge in [-0.15, -0.1) is 0 Å². The van der Waals surface area contributed by atoms with Gasteiger partial charge in [0.25, 0.3) is 5.91 Å². The SMILES string of the molecule is CCc1cccc(NC(=O)c2ccccc2C(=O)c2ccc3nc(NC(=O)OC)[nH]c3c2)c1. The number of aromatic amines is 1. The van der Waals surface area contributed by atoms with Gasteiger partial charge in [-0.25, -0.2) is 9.78 Å². The molecule has 4 aromatic rings. The minimum atomic E-state index is -0.658. The third-order valence-electron chi connectivity index (χ3n) is 5.16. The molecular formula is C25H22N4O4. The third-order valence-corrected chi connectivity index (χ3v) is 5.16. The Labute approximate surface area is 190 Å². The van der Waals surface area contributed by atoms with Crippen LogP contribution in [0.1, 0.15) is 38.8 Å². The largest absolute Gasteiger partial charge is 0.453 e. The Morgan fingerprint density at radius 2 is 1.73 bits per heavy atom. The van der Waals surface area contributed by atoms with E-state index in [0.29, 0.717) is 22.3 Å². The van der Waals surface area contributed by atoms with Crippen LogP contribution in [0.2, 0.25) is 0 Å². The molecule has 1 heterocycles. The number of benzene rings is 3. The van der Waals surface area contributed by atoms with Gasteiger partial charge in [0, 0.05) is 16.8 Å². The number of aromatic nitrogens is 2. The molecule has 3 aromatic carbocycles. The van der Waals surface area contributed by atoms with E-state index < -0.39 is 6.09 Å². The summed E-state index contributed by atoms with van der Waals surface area (Å²) < 4.78 is 4.56. The molecule has 3 N–H and O–H groups in total. The van der Waals surface area contributed by atoms with Crippen molar-refractivity contribution >= 4 is 40.5 Å². The first kappa shape index (κ1) is 21.8. The van der Waals surface area contributed by atoms with Crippen LogP contribution in [0.3, 0.4) is 0 Å². The van der Waals surface area contributed by atoms with Crippen molar-refractivity contribution in [3.63, 3.8) is 0 Å². The van der Waals surface area contributed by atoms with Crippen LogP contribution in [0.4, 0.5) is 16.4 Å². The van der Waals surface area contributed by atoms with Gasteiger partial charge in [0.15, 0.2) is 5.78 Å². The van der Waals surface area contributed by atoms with Crippen LogP contribution in [0.25, 0.3) is 11.0 Å². The molecule has 8 heteroatoms. The number of rotatable bonds is 6. The van der Waals surface area contributed by atoms with Crippen molar-refractivity contribution in [3.05, 3.63) is 89.0 Å². The number of fused-ring (bicyclic) bond motifs is 1. The number of ether oxygens (including phenoxy) is 1. The molecule has 4 rings (SSSR count). The number of imidazole rings is 1. The topological polar surface area (TPSA) is 113 Å². The molecule has 33 heavy (non-hydrogen) atoms. The minimum Gasteiger partial charge on any atom is -0.453 e. The van der Waals surface area contributed by atoms with Crippen LogP contribution in [-0.4, -0.2) is 34.9 Å². The van der Waals surface area contributed by atoms with Crippen molar-refractivity contribution in [1.29, 1.82) is 0 Å². The lowest BCUT2D eigenvalue weighted by atomic mass is 9.97. The summed E-state index contributed by atoms with van der Waals surface area (Å²) in [6, 6.07) is 19.2. The fraction of sp³-hybridized carbons (Fsp3) is 0.120. The number of anilines is 2. The summed E-state index contributed by atoms with van der Waals surface area (Å²) in [7, 11) is 1.25. The van der Waals surface area contributed by atoms with Gasteiger partial charge < -0.3 is 15.0 Å². The lowest BCUT2D eigenvalue weighted by Gasteiger charge is -2.10. The number of methoxy groups -OCH3 is 1. The lowest BCUT2D eigenvalue weighted by molar-refractivity contribution is 0.0996. The molecule has 0 unspecified atom stereocenters. The van der Waals surface area contributed by atoms with E-state index in [9.17, 15) is 14.4 Å². The first-order chi connectivity index (χ1) is 16.0. The Morgan fingerprint density at radius 3 is 2.48 bits per heavy atom. The maximum absolute atomic E-state index is 13.3. The molecule has 0 atom stereocenters. The van der Waals surface area contributed by atoms with Gasteiger partial charge in [0.05, 0.1) is 23.7 Å². The zero-order valence-corrected chi connectivity index (χ0v) is 18.1. The van der Waals surface area contributed by atoms with Gasteiger partial charge >= 0.3 is 6.09 Å². The molecule has 0 aliphatic carbocycles. The summed E-state index contributed by atoms with van der Waals surface area (Å²) in [6.45, 7) is 2.04. The first-order valence-electron chi connectivity index (χ1n) is 10.4. The number of ketones is 1. The summed E-state index contributed by atoms with van der Waals surface area (Å²) in [6.07, 6.45) is 0.195. The van der Waals surface area contributed by atoms with Crippen molar-refractivity contribution in [3.8, 4) is 0 Å². The number of carbonyl (C=O) groups excluding carboxylic acids is 3. The van der Waals surface area contributed by atoms with E-state index in [1.54, 1.807) is 42.5 Å². The Morgan fingerprint density at radius 1 is 0.939 bits per heavy atom. The molecule has 166 valence electrons. The maximum atomic E-state index is 13.3. The number of nitrogens with one attached hydrogen (secondary N) is 3. The van der Waals surface area contributed by atoms with Crippen LogP contribution >= 0.6 is 0 Å². The zero-order chi connectivity index (χ0) is 23.4. The zero-order valence-electron chi connectivity index (χ0n) is 18.1. The number of amides is 2. The second kappa shape index (κ2) is 9.35. The van der Waals surface area contributed by atoms with Crippen LogP contribution in [0, 0.1) is 0 Å². The van der Waals surface area contributed by atoms with E-state index in [0.717, 1.165) is 12.0 Å². The minimum absolute atomic E-state index is 0.204. The normalized spacial score (nSPS) is 10.6. The molecular weight excluding hydrogens is 420 g/mol. The summed E-state index contributed by atoms with van der Waals surface area (Å²) in [5.74, 6) is -0.461. The van der Waals surface area contributed by atoms with Crippen LogP contribution in [0.15, 0.2) is 66.7 Å². The molecule has 0 aliphatic rings. The molecule has 0 saturated heterocycles. The van der Waals surface area contributed by atoms with E-state index in [-0.39, 0.29) is 28.8 Å². The Bertz CT molecular complexity index is 1360. The Kier molecular flexibility index (Phi) is 6.17. The summed E-state index contributed by atoms with van der Waals surface area (Å²) in [4.78, 5) is 44.9. The molecule has 0 aliphatic heterocycles. The van der Waals surface area contributed by atoms with E-state index in [1.165, 1.54) is 7.11 Å². The van der Waals surface area contributed by atoms with E-state index in [2.05, 4.69) is 25.3 Å². The highest BCUT2D eigenvalue weighted by molar-refractivity contribution is 6.18. The predicted molar refractivity (Wildman–Crippen MR) is 126 cm³/mol. The first-order valence-corrected chi connectivity index (χ1v) is 10.4. The van der Waals surface area contributed by atoms with Gasteiger partial charge in [-0.2, -0.15) is 0 Å². The van der Waals surface area contributed by atoms with Gasteiger partial charge in [-0.05, 0) is 48.4 Å². The third kappa shape index (κ3) is 4.74. The quantitative estimate of drug-likeness (QED) is 0.372. The van der Waals surface area contributed by atoms with Gasteiger partial charge in [-0.3, -0.25) is 14.9 Å². The van der Waals surface area contributed by atoms with Crippen molar-refractivity contribution in [2.75, 3.05) is 17.7 Å². The van der Waals surface area contributed by atoms with Gasteiger partial charge in [0.2, 0.25) is 5.95 Å². The van der Waals surface area contributed by atoms with Crippen molar-refractivity contribution in [1.82, 2.24) is 9.97 Å². The van der Waals surface area contributed by atoms with Crippen molar-refractivity contribution in [2.45, 2.75) is 13.3 Å². The fourth-order valence-electron chi connectivity index (χ4n) is 3.46. The van der Waals surface area contributed by atoms with Gasteiger partial charge in [-0.1, -0.05) is 37.3 Å². The molecule has 2 amide bonds. The lowest BCUT2D eigenvalue weighted by Crippen LogP contribution is -2.17. The highest BCUT2D eigenvalue weighted by atomic mass is 16.5. The summed E-state index contributed by atoms with van der Waals surface area (Å²) in [5.41, 5.74) is 3.85. The summed E-state index contributed by atoms with van der Waals surface area (Å²) >= 11 is 0. The molecule has 0 bridgehead atoms. The average Bonchev–Trinajstić information content (AvgIpc) is 3.24. The fourth-order valence-corrected chi connectivity index (χ4v) is 3.46. The van der Waals surface area contributed by atoms with Gasteiger partial charge in [0.1, 0.15) is 0 Å². The van der Waals surface area contributed by atoms with Crippen molar-refractivity contribution in [2.24, 2.45) is 0 Å². The smallest absolute Gasteiger partial charge is 0.413 e. The highest BCUT2D eigenvalue weighted by Crippen LogP contribution is 2.21. The number of carbonyl (C=O) groups is 3. The Hall–Kier alpha value is -4.46. The average molecular weight is 442 g/mol. The second-order valence-electron chi connectivity index (χ2n) is 7.32. The maximum Gasteiger partial charge on any atom is 0.413 e. The molecule has 0 spiro atoms. The molecule has 1 aromatic heterocycles. The molecule has 8 nitrogen and oxygen atoms in total. The highest BCUT2D eigenvalue weighted by Gasteiger charge is 2.19. The second-order valence-corrected chi connectivity index (χ2v) is 7.32. The number of hydrogen-bond acceptors (Lipinski definition) is 5. The van der Waals surface area contributed by atoms with Crippen LogP contribution in [-0.2, 0) is 11.2 Å². The number of hydrogen-bond donors (Lipinski definition) is 3. The summed E-state index contributed by atoms with van der Waals surface area (Å²) in [5, 5.41) is 5.33. The predicted octanol–water partition coefficient (Wildman–Crippen LogP) is 4.79. The molecule has 0 saturated carbocycles. The standard InChI is InChI=1S/C25H22N4O4/c1-3-15-7-6-8-17(13-15)26-23(31)19-10-5-4-9-18(19)22(30)16-11-12-20-21(14-16)28-24(27-20)29-25(32)33-2/h4-14H,3H2,1-2H3,(H,26,31)(H2,27,28,29,32). The number of nitrogens with zero attached hydrogens (tertiary/aromatic N) is 1. The monoisotopic (exact) mass is 442 g/mol. The molecule has 0 radical (unpaired) electrons. The van der Waals surface area contributed by atoms with Crippen LogP contribution < -0.4 is 10.6 Å². The van der Waals surface area contributed by atoms with E-state index in [4.69, 9.17) is 0 Å². The number of aryl methyl sites for hydroxylation is 1. The van der Waals surface area contributed by atoms with E-state index in [1.807, 2.05) is 31.2 Å². The van der Waals surface area contributed by atoms with Crippen LogP contribution in [0.5, 0.6) is 0 Å². The number of H-pyrrole nitrogens is 1.